The average molecular weight is 301 g/mol. The summed E-state index contributed by atoms with van der Waals surface area (Å²) < 4.78 is 0. The molecule has 1 fully saturated rings. The Bertz CT molecular complexity index is 484. The predicted octanol–water partition coefficient (Wildman–Crippen LogP) is 1.08. The Labute approximate surface area is 122 Å². The van der Waals surface area contributed by atoms with Crippen molar-refractivity contribution in [2.45, 2.75) is 25.4 Å². The topological polar surface area (TPSA) is 82.2 Å². The van der Waals surface area contributed by atoms with Crippen LogP contribution in [-0.2, 0) is 4.79 Å². The maximum Gasteiger partial charge on any atom is 0.234 e. The molecule has 0 bridgehead atoms. The number of carbonyl (C=O) groups is 1. The number of nitrogens with zero attached hydrogens (tertiary/aromatic N) is 2. The first-order valence-electron chi connectivity index (χ1n) is 5.89. The van der Waals surface area contributed by atoms with Gasteiger partial charge in [-0.3, -0.25) is 4.79 Å². The van der Waals surface area contributed by atoms with Crippen LogP contribution in [0.25, 0.3) is 0 Å². The number of nitrogens with one attached hydrogen (secondary N) is 1. The molecule has 0 aromatic carbocycles. The van der Waals surface area contributed by atoms with Crippen LogP contribution in [-0.4, -0.2) is 31.1 Å². The fourth-order valence-corrected chi connectivity index (χ4v) is 2.89. The molecule has 0 saturated carbocycles. The number of primary amides is 1. The number of thiophene rings is 1. The second-order valence-electron chi connectivity index (χ2n) is 4.47. The van der Waals surface area contributed by atoms with Crippen molar-refractivity contribution < 1.29 is 4.79 Å². The fourth-order valence-electron chi connectivity index (χ4n) is 2.19. The molecule has 2 atom stereocenters. The van der Waals surface area contributed by atoms with E-state index >= 15 is 0 Å². The highest BCUT2D eigenvalue weighted by Crippen LogP contribution is 2.28. The molecule has 0 aliphatic carbocycles. The molecule has 1 aliphatic rings. The molecule has 0 radical (unpaired) electrons. The number of nitrogens with two attached hydrogens (primary N) is 1. The molecule has 7 heteroatoms. The number of hydrogen-bond acceptors (Lipinski definition) is 5. The normalized spacial score (nSPS) is 19.6. The summed E-state index contributed by atoms with van der Waals surface area (Å²) in [6.45, 7) is 3.48. The lowest BCUT2D eigenvalue weighted by atomic mass is 10.2. The summed E-state index contributed by atoms with van der Waals surface area (Å²) in [4.78, 5) is 13.9. The van der Waals surface area contributed by atoms with Gasteiger partial charge in [-0.25, -0.2) is 0 Å². The molecule has 19 heavy (non-hydrogen) atoms. The first-order valence-corrected chi connectivity index (χ1v) is 6.77. The minimum Gasteiger partial charge on any atom is -0.368 e. The van der Waals surface area contributed by atoms with Gasteiger partial charge in [-0.15, -0.1) is 23.7 Å². The summed E-state index contributed by atoms with van der Waals surface area (Å²) in [6, 6.07) is 4.12. The number of carbonyl (C=O) groups excluding carboxylic acids is 1. The minimum atomic E-state index is -0.332. The van der Waals surface area contributed by atoms with Gasteiger partial charge in [0, 0.05) is 19.1 Å². The standard InChI is InChI=1S/C12H16N4OS.ClH/c1-8(12(14)17)15-9-2-4-16(7-9)10-3-5-18-11(10)6-13;/h3,5,8-9,15H,2,4,7H2,1H3,(H2,14,17);1H/t8-,9-;/m0./s1. The first kappa shape index (κ1) is 15.8. The lowest BCUT2D eigenvalue weighted by Crippen LogP contribution is -2.45. The van der Waals surface area contributed by atoms with E-state index in [2.05, 4.69) is 16.3 Å². The molecule has 3 N–H and O–H groups in total. The number of halogens is 1. The van der Waals surface area contributed by atoms with E-state index in [4.69, 9.17) is 11.0 Å². The van der Waals surface area contributed by atoms with E-state index in [1.165, 1.54) is 11.3 Å². The summed E-state index contributed by atoms with van der Waals surface area (Å²) in [7, 11) is 0. The average Bonchev–Trinajstić information content (AvgIpc) is 2.95. The van der Waals surface area contributed by atoms with Crippen LogP contribution in [0.1, 0.15) is 18.2 Å². The highest BCUT2D eigenvalue weighted by atomic mass is 35.5. The van der Waals surface area contributed by atoms with Crippen molar-refractivity contribution in [2.75, 3.05) is 18.0 Å². The number of rotatable bonds is 4. The van der Waals surface area contributed by atoms with Gasteiger partial charge in [0.25, 0.3) is 0 Å². The van der Waals surface area contributed by atoms with Crippen LogP contribution >= 0.6 is 23.7 Å². The molecule has 1 saturated heterocycles. The molecule has 1 aliphatic heterocycles. The van der Waals surface area contributed by atoms with Crippen LogP contribution in [0.2, 0.25) is 0 Å². The zero-order chi connectivity index (χ0) is 13.1. The quantitative estimate of drug-likeness (QED) is 0.872. The second kappa shape index (κ2) is 6.75. The maximum absolute atomic E-state index is 11.0. The SMILES string of the molecule is C[C@H](N[C@H]1CCN(c2ccsc2C#N)C1)C(N)=O.Cl. The smallest absolute Gasteiger partial charge is 0.234 e. The monoisotopic (exact) mass is 300 g/mol. The second-order valence-corrected chi connectivity index (χ2v) is 5.39. The van der Waals surface area contributed by atoms with Gasteiger partial charge in [-0.1, -0.05) is 0 Å². The van der Waals surface area contributed by atoms with E-state index in [-0.39, 0.29) is 30.4 Å². The van der Waals surface area contributed by atoms with Crippen LogP contribution < -0.4 is 16.0 Å². The van der Waals surface area contributed by atoms with Gasteiger partial charge >= 0.3 is 0 Å². The fraction of sp³-hybridized carbons (Fsp3) is 0.500. The third-order valence-electron chi connectivity index (χ3n) is 3.19. The molecule has 1 amide bonds. The largest absolute Gasteiger partial charge is 0.368 e. The number of nitriles is 1. The summed E-state index contributed by atoms with van der Waals surface area (Å²) >= 11 is 1.46. The summed E-state index contributed by atoms with van der Waals surface area (Å²) in [5.74, 6) is -0.332. The third kappa shape index (κ3) is 3.60. The Morgan fingerprint density at radius 1 is 1.74 bits per heavy atom. The van der Waals surface area contributed by atoms with E-state index in [1.54, 1.807) is 6.92 Å². The molecule has 5 nitrogen and oxygen atoms in total. The van der Waals surface area contributed by atoms with Crippen LogP contribution in [0.4, 0.5) is 5.69 Å². The third-order valence-corrected chi connectivity index (χ3v) is 4.00. The van der Waals surface area contributed by atoms with Crippen molar-refractivity contribution in [3.8, 4) is 6.07 Å². The van der Waals surface area contributed by atoms with Gasteiger partial charge in [0.05, 0.1) is 11.7 Å². The molecule has 2 heterocycles. The zero-order valence-corrected chi connectivity index (χ0v) is 12.3. The Morgan fingerprint density at radius 2 is 2.47 bits per heavy atom. The molecular formula is C12H17ClN4OS. The van der Waals surface area contributed by atoms with Gasteiger partial charge in [0.1, 0.15) is 10.9 Å². The van der Waals surface area contributed by atoms with Crippen molar-refractivity contribution in [2.24, 2.45) is 5.73 Å². The minimum absolute atomic E-state index is 0. The number of amides is 1. The molecule has 2 rings (SSSR count). The van der Waals surface area contributed by atoms with Crippen LogP contribution in [0.15, 0.2) is 11.4 Å². The van der Waals surface area contributed by atoms with Gasteiger partial charge in [-0.05, 0) is 24.8 Å². The van der Waals surface area contributed by atoms with Gasteiger partial charge in [0.2, 0.25) is 5.91 Å². The Hall–Kier alpha value is -1.29. The summed E-state index contributed by atoms with van der Waals surface area (Å²) in [5.41, 5.74) is 6.23. The maximum atomic E-state index is 11.0. The molecule has 0 unspecified atom stereocenters. The van der Waals surface area contributed by atoms with Gasteiger partial charge in [-0.2, -0.15) is 5.26 Å². The van der Waals surface area contributed by atoms with Crippen molar-refractivity contribution in [1.29, 1.82) is 5.26 Å². The lowest BCUT2D eigenvalue weighted by molar-refractivity contribution is -0.119. The van der Waals surface area contributed by atoms with Crippen molar-refractivity contribution in [3.05, 3.63) is 16.3 Å². The lowest BCUT2D eigenvalue weighted by Gasteiger charge is -2.19. The molecular weight excluding hydrogens is 284 g/mol. The van der Waals surface area contributed by atoms with E-state index in [0.717, 1.165) is 30.1 Å². The molecule has 1 aromatic rings. The van der Waals surface area contributed by atoms with E-state index in [9.17, 15) is 4.79 Å². The first-order chi connectivity index (χ1) is 8.61. The molecule has 0 spiro atoms. The highest BCUT2D eigenvalue weighted by Gasteiger charge is 2.26. The van der Waals surface area contributed by atoms with E-state index in [0.29, 0.717) is 0 Å². The molecule has 1 aromatic heterocycles. The summed E-state index contributed by atoms with van der Waals surface area (Å²) in [6.07, 6.45) is 0.957. The summed E-state index contributed by atoms with van der Waals surface area (Å²) in [5, 5.41) is 14.2. The van der Waals surface area contributed by atoms with Crippen LogP contribution in [0.5, 0.6) is 0 Å². The van der Waals surface area contributed by atoms with Gasteiger partial charge < -0.3 is 16.0 Å². The Balaban J connectivity index is 0.00000180. The van der Waals surface area contributed by atoms with Crippen LogP contribution in [0.3, 0.4) is 0 Å². The van der Waals surface area contributed by atoms with Crippen molar-refractivity contribution >= 4 is 35.3 Å². The van der Waals surface area contributed by atoms with Crippen LogP contribution in [0, 0.1) is 11.3 Å². The van der Waals surface area contributed by atoms with Crippen molar-refractivity contribution in [1.82, 2.24) is 5.32 Å². The Morgan fingerprint density at radius 3 is 3.11 bits per heavy atom. The molecule has 104 valence electrons. The van der Waals surface area contributed by atoms with Gasteiger partial charge in [0.15, 0.2) is 0 Å². The van der Waals surface area contributed by atoms with E-state index < -0.39 is 0 Å². The highest BCUT2D eigenvalue weighted by molar-refractivity contribution is 7.11. The van der Waals surface area contributed by atoms with Crippen molar-refractivity contribution in [3.63, 3.8) is 0 Å². The Kier molecular flexibility index (Phi) is 5.60. The zero-order valence-electron chi connectivity index (χ0n) is 10.6. The number of anilines is 1. The van der Waals surface area contributed by atoms with E-state index in [1.807, 2.05) is 11.4 Å². The predicted molar refractivity (Wildman–Crippen MR) is 78.7 cm³/mol. The number of hydrogen-bond donors (Lipinski definition) is 2.